The molecule has 8 aromatic rings. The van der Waals surface area contributed by atoms with E-state index in [4.69, 9.17) is 9.47 Å². The molecule has 0 saturated heterocycles. The summed E-state index contributed by atoms with van der Waals surface area (Å²) in [6.45, 7) is 23.1. The van der Waals surface area contributed by atoms with Crippen molar-refractivity contribution in [3.05, 3.63) is 215 Å². The minimum atomic E-state index is -0.317. The first-order valence-electron chi connectivity index (χ1n) is 35.4. The lowest BCUT2D eigenvalue weighted by Gasteiger charge is -2.35. The summed E-state index contributed by atoms with van der Waals surface area (Å²) in [6, 6.07) is 70.5. The SMILES string of the molecule is CCCCCCCCC1(CCCCCCCC)c2cc(N(c3ccccc3)c3ccccc3-c3ccc4c(c3)C(CC)(CC)OC4(CC)CC)ccc2-c2ccc(N(c3ccccc3)c3ccccc3-c3ccc4c(c3)C(CC)(CC)OC4(CC)CC)cc21. The third-order valence-electron chi connectivity index (χ3n) is 22.1. The van der Waals surface area contributed by atoms with Gasteiger partial charge in [0.1, 0.15) is 0 Å². The second kappa shape index (κ2) is 27.8. The van der Waals surface area contributed by atoms with E-state index in [1.54, 1.807) is 0 Å². The Hall–Kier alpha value is -6.72. The van der Waals surface area contributed by atoms with Crippen LogP contribution in [-0.4, -0.2) is 0 Å². The molecule has 0 atom stereocenters. The summed E-state index contributed by atoms with van der Waals surface area (Å²) in [5, 5.41) is 0. The van der Waals surface area contributed by atoms with Crippen molar-refractivity contribution in [3.63, 3.8) is 0 Å². The number of anilines is 6. The molecule has 0 amide bonds. The number of unbranched alkanes of at least 4 members (excludes halogenated alkanes) is 10. The summed E-state index contributed by atoms with van der Waals surface area (Å²) >= 11 is 0. The lowest BCUT2D eigenvalue weighted by molar-refractivity contribution is -0.151. The molecular formula is C85H104N2O2. The standard InChI is InChI=1S/C85H104N2O2/c1-11-21-23-25-27-39-57-81(58-40-28-26-24-22-12-2)75-61-67(86(65-41-31-29-32-42-65)79-47-37-35-45-69(79)63-49-55-73-77(59-63)84(17-7,18-8)88-82(73,13-3)14-4)51-53-71(75)72-54-52-68(62-76(72)81)87(66-43-33-30-34-44-66)80-48-38-36-46-70(80)64-50-56-74-78(60-64)85(19-9,20-10)89-83(74,15-5)16-6/h29-38,41-56,59-62H,11-28,39-40,57-58H2,1-10H3. The Morgan fingerprint density at radius 2 is 0.607 bits per heavy atom. The van der Waals surface area contributed by atoms with Crippen LogP contribution in [0.1, 0.15) is 244 Å². The van der Waals surface area contributed by atoms with Gasteiger partial charge in [0.05, 0.1) is 33.8 Å². The number of benzene rings is 8. The van der Waals surface area contributed by atoms with Crippen LogP contribution >= 0.6 is 0 Å². The second-order valence-electron chi connectivity index (χ2n) is 26.5. The Labute approximate surface area is 537 Å². The molecule has 466 valence electrons. The molecule has 89 heavy (non-hydrogen) atoms. The Morgan fingerprint density at radius 1 is 0.270 bits per heavy atom. The van der Waals surface area contributed by atoms with Crippen LogP contribution in [0.4, 0.5) is 34.1 Å². The number of hydrogen-bond donors (Lipinski definition) is 0. The van der Waals surface area contributed by atoms with Gasteiger partial charge in [-0.1, -0.05) is 255 Å². The van der Waals surface area contributed by atoms with Crippen LogP contribution in [0.15, 0.2) is 182 Å². The Balaban J connectivity index is 1.09. The molecular weight excluding hydrogens is 1080 g/mol. The Kier molecular flexibility index (Phi) is 19.9. The number of para-hydroxylation sites is 4. The van der Waals surface area contributed by atoms with Gasteiger partial charge in [-0.3, -0.25) is 0 Å². The molecule has 0 bridgehead atoms. The normalized spacial score (nSPS) is 16.0. The van der Waals surface area contributed by atoms with Gasteiger partial charge in [0.25, 0.3) is 0 Å². The zero-order chi connectivity index (χ0) is 62.2. The smallest absolute Gasteiger partial charge is 0.0942 e. The minimum absolute atomic E-state index is 0.209. The number of ether oxygens (including phenoxy) is 2. The predicted octanol–water partition coefficient (Wildman–Crippen LogP) is 25.8. The van der Waals surface area contributed by atoms with Gasteiger partial charge < -0.3 is 19.3 Å². The summed E-state index contributed by atoms with van der Waals surface area (Å²) < 4.78 is 14.6. The summed E-state index contributed by atoms with van der Waals surface area (Å²) in [6.07, 6.45) is 25.0. The first-order chi connectivity index (χ1) is 43.6. The van der Waals surface area contributed by atoms with Crippen molar-refractivity contribution in [2.24, 2.45) is 0 Å². The van der Waals surface area contributed by atoms with Crippen molar-refractivity contribution >= 4 is 34.1 Å². The summed E-state index contributed by atoms with van der Waals surface area (Å²) in [5.74, 6) is 0. The average molecular weight is 1190 g/mol. The fraction of sp³-hybridized carbons (Fsp3) is 0.435. The highest BCUT2D eigenvalue weighted by molar-refractivity contribution is 5.93. The third kappa shape index (κ3) is 11.7. The van der Waals surface area contributed by atoms with Gasteiger partial charge in [-0.25, -0.2) is 0 Å². The minimum Gasteiger partial charge on any atom is -0.359 e. The molecule has 0 radical (unpaired) electrons. The van der Waals surface area contributed by atoms with E-state index in [-0.39, 0.29) is 27.8 Å². The van der Waals surface area contributed by atoms with Crippen molar-refractivity contribution in [1.82, 2.24) is 0 Å². The molecule has 0 spiro atoms. The maximum atomic E-state index is 7.31. The molecule has 0 N–H and O–H groups in total. The van der Waals surface area contributed by atoms with Gasteiger partial charge in [-0.2, -0.15) is 0 Å². The first-order valence-corrected chi connectivity index (χ1v) is 35.4. The van der Waals surface area contributed by atoms with E-state index < -0.39 is 0 Å². The van der Waals surface area contributed by atoms with E-state index in [0.717, 1.165) is 75.6 Å². The molecule has 0 unspecified atom stereocenters. The predicted molar refractivity (Wildman–Crippen MR) is 380 cm³/mol. The lowest BCUT2D eigenvalue weighted by Crippen LogP contribution is -2.31. The summed E-state index contributed by atoms with van der Waals surface area (Å²) in [7, 11) is 0. The fourth-order valence-electron chi connectivity index (χ4n) is 16.7. The fourth-order valence-corrected chi connectivity index (χ4v) is 16.7. The van der Waals surface area contributed by atoms with Crippen molar-refractivity contribution in [2.45, 2.75) is 238 Å². The molecule has 0 aromatic heterocycles. The van der Waals surface area contributed by atoms with Crippen LogP contribution in [0.2, 0.25) is 0 Å². The highest BCUT2D eigenvalue weighted by Gasteiger charge is 2.52. The van der Waals surface area contributed by atoms with Crippen molar-refractivity contribution in [3.8, 4) is 33.4 Å². The van der Waals surface area contributed by atoms with Crippen LogP contribution in [0.25, 0.3) is 33.4 Å². The number of rotatable bonds is 30. The molecule has 4 nitrogen and oxygen atoms in total. The van der Waals surface area contributed by atoms with Gasteiger partial charge in [0.2, 0.25) is 0 Å². The maximum Gasteiger partial charge on any atom is 0.0942 e. The molecule has 4 heteroatoms. The highest BCUT2D eigenvalue weighted by Crippen LogP contribution is 2.60. The Bertz CT molecular complexity index is 3400. The molecule has 2 aliphatic heterocycles. The first kappa shape index (κ1) is 63.8. The largest absolute Gasteiger partial charge is 0.359 e. The average Bonchev–Trinajstić information content (AvgIpc) is 1.61. The zero-order valence-corrected chi connectivity index (χ0v) is 56.1. The van der Waals surface area contributed by atoms with Crippen molar-refractivity contribution < 1.29 is 9.47 Å². The molecule has 2 heterocycles. The van der Waals surface area contributed by atoms with E-state index in [0.29, 0.717) is 0 Å². The molecule has 1 aliphatic carbocycles. The van der Waals surface area contributed by atoms with Gasteiger partial charge in [-0.15, -0.1) is 0 Å². The highest BCUT2D eigenvalue weighted by atomic mass is 16.5. The van der Waals surface area contributed by atoms with Crippen LogP contribution in [0.3, 0.4) is 0 Å². The molecule has 0 fully saturated rings. The zero-order valence-electron chi connectivity index (χ0n) is 56.1. The van der Waals surface area contributed by atoms with Gasteiger partial charge in [0.15, 0.2) is 0 Å². The van der Waals surface area contributed by atoms with Crippen LogP contribution in [0.5, 0.6) is 0 Å². The summed E-state index contributed by atoms with van der Waals surface area (Å²) in [4.78, 5) is 5.13. The van der Waals surface area contributed by atoms with Gasteiger partial charge in [0, 0.05) is 39.3 Å². The van der Waals surface area contributed by atoms with Gasteiger partial charge in [-0.05, 0) is 193 Å². The van der Waals surface area contributed by atoms with Crippen molar-refractivity contribution in [2.75, 3.05) is 9.80 Å². The molecule has 11 rings (SSSR count). The van der Waals surface area contributed by atoms with E-state index in [1.165, 1.54) is 167 Å². The second-order valence-corrected chi connectivity index (χ2v) is 26.5. The number of fused-ring (bicyclic) bond motifs is 5. The molecule has 8 aromatic carbocycles. The summed E-state index contributed by atoms with van der Waals surface area (Å²) in [5.41, 5.74) is 21.8. The van der Waals surface area contributed by atoms with E-state index in [2.05, 4.69) is 261 Å². The molecule has 0 saturated carbocycles. The quantitative estimate of drug-likeness (QED) is 0.0419. The lowest BCUT2D eigenvalue weighted by atomic mass is 9.70. The third-order valence-corrected chi connectivity index (χ3v) is 22.1. The van der Waals surface area contributed by atoms with E-state index in [1.807, 2.05) is 0 Å². The van der Waals surface area contributed by atoms with Gasteiger partial charge >= 0.3 is 0 Å². The van der Waals surface area contributed by atoms with E-state index in [9.17, 15) is 0 Å². The van der Waals surface area contributed by atoms with Crippen molar-refractivity contribution in [1.29, 1.82) is 0 Å². The number of nitrogens with zero attached hydrogens (tertiary/aromatic N) is 2. The Morgan fingerprint density at radius 3 is 0.978 bits per heavy atom. The topological polar surface area (TPSA) is 24.9 Å². The maximum absolute atomic E-state index is 7.31. The monoisotopic (exact) mass is 1180 g/mol. The molecule has 3 aliphatic rings. The van der Waals surface area contributed by atoms with E-state index >= 15 is 0 Å². The van der Waals surface area contributed by atoms with Crippen LogP contribution in [0, 0.1) is 0 Å². The number of hydrogen-bond acceptors (Lipinski definition) is 4. The van der Waals surface area contributed by atoms with Crippen LogP contribution in [-0.2, 0) is 37.3 Å². The van der Waals surface area contributed by atoms with Crippen LogP contribution < -0.4 is 9.80 Å².